The van der Waals surface area contributed by atoms with Crippen molar-refractivity contribution in [1.82, 2.24) is 9.78 Å². The van der Waals surface area contributed by atoms with E-state index in [1.807, 2.05) is 0 Å². The SMILES string of the molecule is C[NH+]1CCN(c2nn3c(c2N)CCC2CCCC23)CC1. The third-order valence-corrected chi connectivity index (χ3v) is 5.63. The number of nitrogens with one attached hydrogen (secondary N) is 1. The van der Waals surface area contributed by atoms with E-state index in [0.29, 0.717) is 6.04 Å². The Kier molecular flexibility index (Phi) is 2.91. The first kappa shape index (κ1) is 12.5. The Morgan fingerprint density at radius 1 is 1.20 bits per heavy atom. The molecule has 3 heterocycles. The Morgan fingerprint density at radius 2 is 2.00 bits per heavy atom. The number of piperazine rings is 1. The third kappa shape index (κ3) is 1.83. The smallest absolute Gasteiger partial charge is 0.174 e. The second-order valence-corrected chi connectivity index (χ2v) is 6.87. The zero-order valence-electron chi connectivity index (χ0n) is 12.4. The molecule has 4 rings (SSSR count). The van der Waals surface area contributed by atoms with Gasteiger partial charge in [-0.3, -0.25) is 4.68 Å². The predicted octanol–water partition coefficient (Wildman–Crippen LogP) is 0.0874. The van der Waals surface area contributed by atoms with Gasteiger partial charge in [-0.15, -0.1) is 0 Å². The van der Waals surface area contributed by atoms with E-state index in [-0.39, 0.29) is 0 Å². The van der Waals surface area contributed by atoms with Crippen LogP contribution in [0.1, 0.15) is 37.4 Å². The van der Waals surface area contributed by atoms with Crippen molar-refractivity contribution in [2.24, 2.45) is 5.92 Å². The van der Waals surface area contributed by atoms with Gasteiger partial charge in [0.2, 0.25) is 0 Å². The molecule has 0 amide bonds. The van der Waals surface area contributed by atoms with E-state index in [4.69, 9.17) is 10.8 Å². The number of nitrogens with zero attached hydrogens (tertiary/aromatic N) is 3. The van der Waals surface area contributed by atoms with E-state index in [9.17, 15) is 0 Å². The van der Waals surface area contributed by atoms with Gasteiger partial charge in [-0.05, 0) is 31.6 Å². The second-order valence-electron chi connectivity index (χ2n) is 6.87. The van der Waals surface area contributed by atoms with Crippen LogP contribution in [0.5, 0.6) is 0 Å². The molecule has 0 aromatic carbocycles. The van der Waals surface area contributed by atoms with Crippen LogP contribution < -0.4 is 15.5 Å². The molecule has 3 N–H and O–H groups in total. The summed E-state index contributed by atoms with van der Waals surface area (Å²) in [5, 5.41) is 4.95. The van der Waals surface area contributed by atoms with Crippen molar-refractivity contribution in [3.63, 3.8) is 0 Å². The number of quaternary nitrogens is 1. The van der Waals surface area contributed by atoms with E-state index < -0.39 is 0 Å². The molecule has 3 aliphatic rings. The molecule has 2 atom stereocenters. The molecule has 110 valence electrons. The fraction of sp³-hybridized carbons (Fsp3) is 0.800. The summed E-state index contributed by atoms with van der Waals surface area (Å²) < 4.78 is 2.30. The lowest BCUT2D eigenvalue weighted by Crippen LogP contribution is -3.12. The van der Waals surface area contributed by atoms with Crippen LogP contribution in [-0.2, 0) is 6.42 Å². The van der Waals surface area contributed by atoms with Crippen LogP contribution in [0.15, 0.2) is 0 Å². The van der Waals surface area contributed by atoms with Gasteiger partial charge in [-0.1, -0.05) is 6.42 Å². The van der Waals surface area contributed by atoms with E-state index >= 15 is 0 Å². The Morgan fingerprint density at radius 3 is 2.80 bits per heavy atom. The number of aromatic nitrogens is 2. The summed E-state index contributed by atoms with van der Waals surface area (Å²) in [6, 6.07) is 0.632. The molecule has 1 saturated carbocycles. The summed E-state index contributed by atoms with van der Waals surface area (Å²) in [7, 11) is 2.27. The Labute approximate surface area is 120 Å². The standard InChI is InChI=1S/C15H25N5/c1-18-7-9-19(10-8-18)15-14(16)13-6-5-11-3-2-4-12(11)20(13)17-15/h11-12H,2-10,16H2,1H3/p+1. The van der Waals surface area contributed by atoms with Crippen LogP contribution in [0.25, 0.3) is 0 Å². The van der Waals surface area contributed by atoms with E-state index in [2.05, 4.69) is 16.6 Å². The molecule has 5 nitrogen and oxygen atoms in total. The van der Waals surface area contributed by atoms with Gasteiger partial charge in [0.05, 0.1) is 50.6 Å². The third-order valence-electron chi connectivity index (χ3n) is 5.63. The van der Waals surface area contributed by atoms with Crippen molar-refractivity contribution >= 4 is 11.5 Å². The maximum absolute atomic E-state index is 6.44. The molecule has 0 bridgehead atoms. The molecule has 0 radical (unpaired) electrons. The molecule has 1 aromatic rings. The van der Waals surface area contributed by atoms with Crippen LogP contribution in [0.2, 0.25) is 0 Å². The zero-order valence-corrected chi connectivity index (χ0v) is 12.4. The monoisotopic (exact) mass is 276 g/mol. The molecule has 2 fully saturated rings. The fourth-order valence-electron chi connectivity index (χ4n) is 4.32. The average Bonchev–Trinajstić information content (AvgIpc) is 3.04. The zero-order chi connectivity index (χ0) is 13.7. The van der Waals surface area contributed by atoms with Crippen molar-refractivity contribution in [3.05, 3.63) is 5.69 Å². The van der Waals surface area contributed by atoms with Gasteiger partial charge in [0.25, 0.3) is 0 Å². The Bertz CT molecular complexity index is 501. The van der Waals surface area contributed by atoms with Gasteiger partial charge in [-0.2, -0.15) is 5.10 Å². The van der Waals surface area contributed by atoms with Crippen LogP contribution in [-0.4, -0.2) is 43.0 Å². The first-order chi connectivity index (χ1) is 9.74. The van der Waals surface area contributed by atoms with Crippen LogP contribution in [0.3, 0.4) is 0 Å². The minimum Gasteiger partial charge on any atom is -0.394 e. The quantitative estimate of drug-likeness (QED) is 0.764. The van der Waals surface area contributed by atoms with Crippen LogP contribution >= 0.6 is 0 Å². The highest BCUT2D eigenvalue weighted by molar-refractivity contribution is 5.66. The van der Waals surface area contributed by atoms with E-state index in [1.54, 1.807) is 4.90 Å². The van der Waals surface area contributed by atoms with Gasteiger partial charge in [-0.25, -0.2) is 0 Å². The number of hydrogen-bond acceptors (Lipinski definition) is 3. The first-order valence-corrected chi connectivity index (χ1v) is 8.17. The summed E-state index contributed by atoms with van der Waals surface area (Å²) in [4.78, 5) is 4.01. The van der Waals surface area contributed by atoms with E-state index in [1.165, 1.54) is 44.5 Å². The highest BCUT2D eigenvalue weighted by atomic mass is 15.4. The number of fused-ring (bicyclic) bond motifs is 3. The average molecular weight is 276 g/mol. The summed E-state index contributed by atoms with van der Waals surface area (Å²) in [6.07, 6.45) is 6.48. The molecule has 0 spiro atoms. The molecular weight excluding hydrogens is 250 g/mol. The lowest BCUT2D eigenvalue weighted by molar-refractivity contribution is -0.880. The number of hydrogen-bond donors (Lipinski definition) is 2. The summed E-state index contributed by atoms with van der Waals surface area (Å²) >= 11 is 0. The van der Waals surface area contributed by atoms with Crippen molar-refractivity contribution in [2.45, 2.75) is 38.1 Å². The van der Waals surface area contributed by atoms with Crippen LogP contribution in [0.4, 0.5) is 11.5 Å². The largest absolute Gasteiger partial charge is 0.394 e. The fourth-order valence-corrected chi connectivity index (χ4v) is 4.32. The number of likely N-dealkylation sites (N-methyl/N-ethyl adjacent to an activating group) is 1. The van der Waals surface area contributed by atoms with Crippen molar-refractivity contribution in [2.75, 3.05) is 43.9 Å². The van der Waals surface area contributed by atoms with Crippen molar-refractivity contribution in [3.8, 4) is 0 Å². The number of rotatable bonds is 1. The molecule has 2 aliphatic heterocycles. The van der Waals surface area contributed by atoms with Gasteiger partial charge in [0.1, 0.15) is 0 Å². The molecule has 1 saturated heterocycles. The van der Waals surface area contributed by atoms with Gasteiger partial charge in [0.15, 0.2) is 5.82 Å². The van der Waals surface area contributed by atoms with Gasteiger partial charge >= 0.3 is 0 Å². The summed E-state index contributed by atoms with van der Waals surface area (Å²) in [6.45, 7) is 4.54. The van der Waals surface area contributed by atoms with Crippen LogP contribution in [0, 0.1) is 5.92 Å². The maximum atomic E-state index is 6.44. The van der Waals surface area contributed by atoms with Crippen molar-refractivity contribution < 1.29 is 4.90 Å². The first-order valence-electron chi connectivity index (χ1n) is 8.17. The van der Waals surface area contributed by atoms with Crippen molar-refractivity contribution in [1.29, 1.82) is 0 Å². The molecule has 20 heavy (non-hydrogen) atoms. The topological polar surface area (TPSA) is 51.5 Å². The molecule has 1 aromatic heterocycles. The molecular formula is C15H26N5+. The lowest BCUT2D eigenvalue weighted by Gasteiger charge is -2.30. The highest BCUT2D eigenvalue weighted by Crippen LogP contribution is 2.45. The second kappa shape index (κ2) is 4.65. The summed E-state index contributed by atoms with van der Waals surface area (Å²) in [5.74, 6) is 1.92. The minimum absolute atomic E-state index is 0.632. The minimum atomic E-state index is 0.632. The van der Waals surface area contributed by atoms with Gasteiger partial charge < -0.3 is 15.5 Å². The lowest BCUT2D eigenvalue weighted by atomic mass is 9.92. The Hall–Kier alpha value is -1.23. The summed E-state index contributed by atoms with van der Waals surface area (Å²) in [5.41, 5.74) is 8.72. The van der Waals surface area contributed by atoms with Gasteiger partial charge in [0, 0.05) is 0 Å². The predicted molar refractivity (Wildman–Crippen MR) is 80.2 cm³/mol. The van der Waals surface area contributed by atoms with E-state index in [0.717, 1.165) is 36.9 Å². The molecule has 2 unspecified atom stereocenters. The number of anilines is 2. The normalized spacial score (nSPS) is 30.4. The maximum Gasteiger partial charge on any atom is 0.174 e. The highest BCUT2D eigenvalue weighted by Gasteiger charge is 2.36. The molecule has 5 heteroatoms. The number of nitrogen functional groups attached to an aromatic ring is 1. The Balaban J connectivity index is 1.65. The molecule has 1 aliphatic carbocycles. The number of nitrogens with two attached hydrogens (primary N) is 1.